The maximum atomic E-state index is 12.7. The molecule has 1 aromatic carbocycles. The van der Waals surface area contributed by atoms with E-state index in [0.29, 0.717) is 29.6 Å². The molecule has 7 heteroatoms. The summed E-state index contributed by atoms with van der Waals surface area (Å²) in [6.45, 7) is 0.783. The van der Waals surface area contributed by atoms with Crippen molar-refractivity contribution in [3.8, 4) is 11.4 Å². The number of aryl methyl sites for hydroxylation is 1. The van der Waals surface area contributed by atoms with Gasteiger partial charge in [0, 0.05) is 42.4 Å². The molecular weight excluding hydrogens is 364 g/mol. The molecule has 4 rings (SSSR count). The number of carbonyl (C=O) groups is 1. The fraction of sp³-hybridized carbons (Fsp3) is 0.300. The summed E-state index contributed by atoms with van der Waals surface area (Å²) in [6.07, 6.45) is 6.32. The van der Waals surface area contributed by atoms with Crippen LogP contribution in [-0.4, -0.2) is 32.5 Å². The van der Waals surface area contributed by atoms with Crippen LogP contribution in [0.5, 0.6) is 0 Å². The lowest BCUT2D eigenvalue weighted by Gasteiger charge is -2.24. The van der Waals surface area contributed by atoms with Gasteiger partial charge in [0.25, 0.3) is 0 Å². The molecule has 138 valence electrons. The number of nitrogens with zero attached hydrogens (tertiary/aromatic N) is 4. The molecule has 1 fully saturated rings. The van der Waals surface area contributed by atoms with Crippen molar-refractivity contribution < 1.29 is 9.32 Å². The lowest BCUT2D eigenvalue weighted by molar-refractivity contribution is -0.132. The van der Waals surface area contributed by atoms with Crippen LogP contribution < -0.4 is 0 Å². The van der Waals surface area contributed by atoms with Crippen LogP contribution in [0.3, 0.4) is 0 Å². The first kappa shape index (κ1) is 17.7. The average molecular weight is 383 g/mol. The van der Waals surface area contributed by atoms with Crippen molar-refractivity contribution in [3.63, 3.8) is 0 Å². The Morgan fingerprint density at radius 3 is 2.74 bits per heavy atom. The Balaban J connectivity index is 1.39. The van der Waals surface area contributed by atoms with Crippen molar-refractivity contribution in [2.45, 2.75) is 31.7 Å². The molecule has 0 bridgehead atoms. The maximum Gasteiger partial charge on any atom is 0.227 e. The molecule has 2 aromatic heterocycles. The van der Waals surface area contributed by atoms with Gasteiger partial charge in [0.2, 0.25) is 17.6 Å². The third-order valence-corrected chi connectivity index (χ3v) is 5.04. The summed E-state index contributed by atoms with van der Waals surface area (Å²) in [6, 6.07) is 11.3. The summed E-state index contributed by atoms with van der Waals surface area (Å²) >= 11 is 5.90. The molecule has 0 saturated carbocycles. The van der Waals surface area contributed by atoms with Gasteiger partial charge < -0.3 is 9.42 Å². The number of hydrogen-bond acceptors (Lipinski definition) is 5. The highest BCUT2D eigenvalue weighted by atomic mass is 35.5. The van der Waals surface area contributed by atoms with Crippen LogP contribution in [-0.2, 0) is 11.2 Å². The van der Waals surface area contributed by atoms with Crippen LogP contribution in [0.25, 0.3) is 11.4 Å². The van der Waals surface area contributed by atoms with Crippen molar-refractivity contribution in [1.82, 2.24) is 20.0 Å². The fourth-order valence-electron chi connectivity index (χ4n) is 3.43. The van der Waals surface area contributed by atoms with E-state index in [1.807, 2.05) is 29.2 Å². The van der Waals surface area contributed by atoms with Crippen LogP contribution in [0.1, 0.15) is 36.8 Å². The van der Waals surface area contributed by atoms with E-state index < -0.39 is 0 Å². The van der Waals surface area contributed by atoms with Gasteiger partial charge in [-0.2, -0.15) is 4.98 Å². The topological polar surface area (TPSA) is 72.1 Å². The highest BCUT2D eigenvalue weighted by molar-refractivity contribution is 6.30. The molecule has 0 radical (unpaired) electrons. The normalized spacial score (nSPS) is 16.6. The monoisotopic (exact) mass is 382 g/mol. The zero-order chi connectivity index (χ0) is 18.6. The molecule has 27 heavy (non-hydrogen) atoms. The number of benzene rings is 1. The van der Waals surface area contributed by atoms with Crippen molar-refractivity contribution in [3.05, 3.63) is 65.3 Å². The van der Waals surface area contributed by atoms with Crippen molar-refractivity contribution in [1.29, 1.82) is 0 Å². The van der Waals surface area contributed by atoms with E-state index in [0.717, 1.165) is 30.5 Å². The second-order valence-corrected chi connectivity index (χ2v) is 6.98. The number of amides is 1. The lowest BCUT2D eigenvalue weighted by atomic mass is 10.1. The smallest absolute Gasteiger partial charge is 0.227 e. The van der Waals surface area contributed by atoms with Crippen molar-refractivity contribution in [2.24, 2.45) is 0 Å². The summed E-state index contributed by atoms with van der Waals surface area (Å²) in [4.78, 5) is 23.1. The first-order chi connectivity index (χ1) is 13.2. The Morgan fingerprint density at radius 2 is 1.96 bits per heavy atom. The molecule has 3 aromatic rings. The molecule has 1 aliphatic heterocycles. The van der Waals surface area contributed by atoms with Crippen LogP contribution in [0.2, 0.25) is 5.02 Å². The van der Waals surface area contributed by atoms with Gasteiger partial charge in [-0.1, -0.05) is 16.8 Å². The Kier molecular flexibility index (Phi) is 5.16. The van der Waals surface area contributed by atoms with Crippen molar-refractivity contribution >= 4 is 17.5 Å². The number of carbonyl (C=O) groups excluding carboxylic acids is 1. The summed E-state index contributed by atoms with van der Waals surface area (Å²) in [5.74, 6) is 1.08. The van der Waals surface area contributed by atoms with Gasteiger partial charge in [-0.25, -0.2) is 0 Å². The van der Waals surface area contributed by atoms with E-state index in [2.05, 4.69) is 15.1 Å². The van der Waals surface area contributed by atoms with E-state index in [-0.39, 0.29) is 11.9 Å². The minimum atomic E-state index is 0.112. The second kappa shape index (κ2) is 7.88. The molecule has 1 aliphatic rings. The number of aromatic nitrogens is 3. The third-order valence-electron chi connectivity index (χ3n) is 4.79. The first-order valence-electron chi connectivity index (χ1n) is 8.98. The van der Waals surface area contributed by atoms with Gasteiger partial charge >= 0.3 is 0 Å². The minimum absolute atomic E-state index is 0.112. The Labute approximate surface area is 162 Å². The minimum Gasteiger partial charge on any atom is -0.339 e. The Morgan fingerprint density at radius 1 is 1.19 bits per heavy atom. The maximum absolute atomic E-state index is 12.7. The largest absolute Gasteiger partial charge is 0.339 e. The lowest BCUT2D eigenvalue weighted by Crippen LogP contribution is -2.30. The number of rotatable bonds is 5. The zero-order valence-corrected chi connectivity index (χ0v) is 15.5. The average Bonchev–Trinajstić information content (AvgIpc) is 3.37. The highest BCUT2D eigenvalue weighted by Gasteiger charge is 2.29. The number of pyridine rings is 1. The molecule has 3 heterocycles. The Bertz CT molecular complexity index is 911. The molecule has 6 nitrogen and oxygen atoms in total. The molecule has 0 aliphatic carbocycles. The van der Waals surface area contributed by atoms with Crippen LogP contribution in [0.15, 0.2) is 53.3 Å². The van der Waals surface area contributed by atoms with Gasteiger partial charge in [0.1, 0.15) is 0 Å². The molecular formula is C20H19ClN4O2. The van der Waals surface area contributed by atoms with Gasteiger partial charge in [-0.05, 0) is 54.8 Å². The van der Waals surface area contributed by atoms with Crippen LogP contribution in [0, 0.1) is 0 Å². The molecule has 1 amide bonds. The fourth-order valence-corrected chi connectivity index (χ4v) is 3.55. The Hall–Kier alpha value is -2.73. The van der Waals surface area contributed by atoms with Gasteiger partial charge in [0.15, 0.2) is 0 Å². The highest BCUT2D eigenvalue weighted by Crippen LogP contribution is 2.32. The van der Waals surface area contributed by atoms with E-state index >= 15 is 0 Å². The molecule has 0 spiro atoms. The summed E-state index contributed by atoms with van der Waals surface area (Å²) in [7, 11) is 0. The number of hydrogen-bond donors (Lipinski definition) is 0. The van der Waals surface area contributed by atoms with E-state index in [4.69, 9.17) is 16.1 Å². The SMILES string of the molecule is O=C(CCc1nc(-c2ccc(Cl)cc2)no1)N1CCC[C@H]1c1ccncc1. The quantitative estimate of drug-likeness (QED) is 0.664. The molecule has 1 saturated heterocycles. The van der Waals surface area contributed by atoms with Crippen LogP contribution >= 0.6 is 11.6 Å². The molecule has 1 atom stereocenters. The number of likely N-dealkylation sites (tertiary alicyclic amines) is 1. The van der Waals surface area contributed by atoms with Gasteiger partial charge in [-0.15, -0.1) is 0 Å². The van der Waals surface area contributed by atoms with Crippen LogP contribution in [0.4, 0.5) is 0 Å². The zero-order valence-electron chi connectivity index (χ0n) is 14.7. The third kappa shape index (κ3) is 4.01. The predicted octanol–water partition coefficient (Wildman–Crippen LogP) is 4.08. The first-order valence-corrected chi connectivity index (χ1v) is 9.36. The van der Waals surface area contributed by atoms with E-state index in [9.17, 15) is 4.79 Å². The summed E-state index contributed by atoms with van der Waals surface area (Å²) < 4.78 is 5.30. The number of halogens is 1. The van der Waals surface area contributed by atoms with Gasteiger partial charge in [0.05, 0.1) is 6.04 Å². The standard InChI is InChI=1S/C20H19ClN4O2/c21-16-5-3-15(4-6-16)20-23-18(27-24-20)7-8-19(26)25-13-1-2-17(25)14-9-11-22-12-10-14/h3-6,9-12,17H,1-2,7-8,13H2/t17-/m0/s1. The van der Waals surface area contributed by atoms with E-state index in [1.54, 1.807) is 24.5 Å². The van der Waals surface area contributed by atoms with E-state index in [1.165, 1.54) is 0 Å². The molecule has 0 unspecified atom stereocenters. The predicted molar refractivity (Wildman–Crippen MR) is 101 cm³/mol. The summed E-state index contributed by atoms with van der Waals surface area (Å²) in [5, 5.41) is 4.65. The summed E-state index contributed by atoms with van der Waals surface area (Å²) in [5.41, 5.74) is 1.97. The van der Waals surface area contributed by atoms with Gasteiger partial charge in [-0.3, -0.25) is 9.78 Å². The second-order valence-electron chi connectivity index (χ2n) is 6.54. The van der Waals surface area contributed by atoms with Crippen molar-refractivity contribution in [2.75, 3.05) is 6.54 Å². The molecule has 0 N–H and O–H groups in total.